The van der Waals surface area contributed by atoms with E-state index in [-0.39, 0.29) is 0 Å². The molecule has 0 saturated carbocycles. The van der Waals surface area contributed by atoms with Gasteiger partial charge in [0.25, 0.3) is 0 Å². The number of nitrogens with two attached hydrogens (primary N) is 1. The quantitative estimate of drug-likeness (QED) is 0.433. The number of aryl methyl sites for hydroxylation is 2. The molecule has 0 amide bonds. The molecule has 1 nitrogen and oxygen atoms in total. The van der Waals surface area contributed by atoms with Gasteiger partial charge in [-0.3, -0.25) is 0 Å². The Kier molecular flexibility index (Phi) is 1.90. The molecule has 2 N–H and O–H groups in total. The van der Waals surface area contributed by atoms with Gasteiger partial charge in [-0.25, -0.2) is 0 Å². The van der Waals surface area contributed by atoms with E-state index in [0.29, 0.717) is 0 Å². The fourth-order valence-electron chi connectivity index (χ4n) is 0.956. The second kappa shape index (κ2) is 2.54. The molecule has 0 saturated heterocycles. The zero-order valence-corrected chi connectivity index (χ0v) is 7.07. The highest BCUT2D eigenvalue weighted by Gasteiger charge is 1.97. The van der Waals surface area contributed by atoms with Gasteiger partial charge in [0, 0.05) is 10.6 Å². The summed E-state index contributed by atoms with van der Waals surface area (Å²) in [6.07, 6.45) is 0. The third-order valence-electron chi connectivity index (χ3n) is 1.51. The normalized spacial score (nSPS) is 9.90. The van der Waals surface area contributed by atoms with Crippen LogP contribution in [0.15, 0.2) is 17.0 Å². The number of hydrogen-bond acceptors (Lipinski definition) is 2. The minimum Gasteiger partial charge on any atom is -0.398 e. The molecule has 0 bridgehead atoms. The molecule has 2 heteroatoms. The average Bonchev–Trinajstić information content (AvgIpc) is 1.82. The zero-order valence-electron chi connectivity index (χ0n) is 6.18. The fourth-order valence-corrected chi connectivity index (χ4v) is 1.34. The molecule has 10 heavy (non-hydrogen) atoms. The molecule has 0 atom stereocenters. The van der Waals surface area contributed by atoms with Crippen LogP contribution in [0.5, 0.6) is 0 Å². The molecule has 0 aromatic heterocycles. The van der Waals surface area contributed by atoms with Crippen molar-refractivity contribution in [3.05, 3.63) is 23.3 Å². The van der Waals surface area contributed by atoms with Gasteiger partial charge in [0.1, 0.15) is 0 Å². The van der Waals surface area contributed by atoms with E-state index in [1.54, 1.807) is 0 Å². The van der Waals surface area contributed by atoms with Crippen LogP contribution in [0.25, 0.3) is 0 Å². The Balaban J connectivity index is 3.31. The lowest BCUT2D eigenvalue weighted by Crippen LogP contribution is -1.91. The van der Waals surface area contributed by atoms with Crippen LogP contribution in [0.2, 0.25) is 0 Å². The first-order valence-electron chi connectivity index (χ1n) is 3.17. The number of benzene rings is 1. The molecule has 0 fully saturated rings. The number of rotatable bonds is 0. The maximum absolute atomic E-state index is 5.67. The minimum absolute atomic E-state index is 0.786. The Morgan fingerprint density at radius 1 is 1.30 bits per heavy atom. The summed E-state index contributed by atoms with van der Waals surface area (Å²) in [6, 6.07) is 4.01. The number of hydrogen-bond donors (Lipinski definition) is 2. The third kappa shape index (κ3) is 1.27. The summed E-state index contributed by atoms with van der Waals surface area (Å²) in [5, 5.41) is 0. The van der Waals surface area contributed by atoms with Gasteiger partial charge in [-0.05, 0) is 31.0 Å². The monoisotopic (exact) mass is 153 g/mol. The SMILES string of the molecule is Cc1cc(C)c(N)c(S)c1. The molecule has 0 heterocycles. The van der Waals surface area contributed by atoms with Gasteiger partial charge in [-0.1, -0.05) is 6.07 Å². The van der Waals surface area contributed by atoms with E-state index in [0.717, 1.165) is 16.1 Å². The molecule has 0 aliphatic carbocycles. The first kappa shape index (κ1) is 7.48. The lowest BCUT2D eigenvalue weighted by molar-refractivity contribution is 1.31. The van der Waals surface area contributed by atoms with Crippen LogP contribution in [0.4, 0.5) is 5.69 Å². The lowest BCUT2D eigenvalue weighted by atomic mass is 10.1. The summed E-state index contributed by atoms with van der Waals surface area (Å²) in [5.74, 6) is 0. The molecular weight excluding hydrogens is 142 g/mol. The number of nitrogen functional groups attached to an aromatic ring is 1. The van der Waals surface area contributed by atoms with Crippen molar-refractivity contribution in [1.29, 1.82) is 0 Å². The Bertz CT molecular complexity index is 232. The number of anilines is 1. The van der Waals surface area contributed by atoms with Gasteiger partial charge < -0.3 is 5.73 Å². The predicted octanol–water partition coefficient (Wildman–Crippen LogP) is 2.17. The molecule has 0 unspecified atom stereocenters. The van der Waals surface area contributed by atoms with Crippen molar-refractivity contribution >= 4 is 18.3 Å². The molecule has 0 radical (unpaired) electrons. The summed E-state index contributed by atoms with van der Waals surface area (Å²) in [5.41, 5.74) is 8.77. The second-order valence-corrected chi connectivity index (χ2v) is 3.00. The largest absolute Gasteiger partial charge is 0.398 e. The van der Waals surface area contributed by atoms with Crippen LogP contribution in [0.1, 0.15) is 11.1 Å². The summed E-state index contributed by atoms with van der Waals surface area (Å²) in [7, 11) is 0. The molecular formula is C8H11NS. The van der Waals surface area contributed by atoms with Crippen LogP contribution in [0.3, 0.4) is 0 Å². The molecule has 1 rings (SSSR count). The van der Waals surface area contributed by atoms with Gasteiger partial charge in [0.05, 0.1) is 0 Å². The van der Waals surface area contributed by atoms with Crippen molar-refractivity contribution in [2.45, 2.75) is 18.7 Å². The molecule has 0 aliphatic heterocycles. The summed E-state index contributed by atoms with van der Waals surface area (Å²) in [4.78, 5) is 0.873. The van der Waals surface area contributed by atoms with E-state index >= 15 is 0 Å². The second-order valence-electron chi connectivity index (χ2n) is 2.51. The average molecular weight is 153 g/mol. The highest BCUT2D eigenvalue weighted by molar-refractivity contribution is 7.80. The van der Waals surface area contributed by atoms with Crippen molar-refractivity contribution in [1.82, 2.24) is 0 Å². The van der Waals surface area contributed by atoms with Crippen LogP contribution in [-0.4, -0.2) is 0 Å². The highest BCUT2D eigenvalue weighted by atomic mass is 32.1. The first-order chi connectivity index (χ1) is 4.61. The fraction of sp³-hybridized carbons (Fsp3) is 0.250. The number of thiol groups is 1. The molecule has 1 aromatic carbocycles. The maximum atomic E-state index is 5.67. The van der Waals surface area contributed by atoms with Crippen LogP contribution in [-0.2, 0) is 0 Å². The van der Waals surface area contributed by atoms with Gasteiger partial charge >= 0.3 is 0 Å². The maximum Gasteiger partial charge on any atom is 0.0479 e. The van der Waals surface area contributed by atoms with Crippen LogP contribution < -0.4 is 5.73 Å². The topological polar surface area (TPSA) is 26.0 Å². The van der Waals surface area contributed by atoms with E-state index in [1.807, 2.05) is 19.9 Å². The van der Waals surface area contributed by atoms with Gasteiger partial charge in [-0.2, -0.15) is 0 Å². The van der Waals surface area contributed by atoms with Crippen molar-refractivity contribution in [3.8, 4) is 0 Å². The summed E-state index contributed by atoms with van der Waals surface area (Å²) in [6.45, 7) is 4.02. The van der Waals surface area contributed by atoms with E-state index in [2.05, 4.69) is 18.7 Å². The summed E-state index contributed by atoms with van der Waals surface area (Å²) < 4.78 is 0. The Morgan fingerprint density at radius 2 is 1.90 bits per heavy atom. The first-order valence-corrected chi connectivity index (χ1v) is 3.61. The van der Waals surface area contributed by atoms with Crippen molar-refractivity contribution < 1.29 is 0 Å². The Hall–Kier alpha value is -0.630. The van der Waals surface area contributed by atoms with Gasteiger partial charge in [-0.15, -0.1) is 12.6 Å². The van der Waals surface area contributed by atoms with Crippen molar-refractivity contribution in [2.24, 2.45) is 0 Å². The smallest absolute Gasteiger partial charge is 0.0479 e. The highest BCUT2D eigenvalue weighted by Crippen LogP contribution is 2.21. The van der Waals surface area contributed by atoms with E-state index in [4.69, 9.17) is 5.73 Å². The van der Waals surface area contributed by atoms with Crippen molar-refractivity contribution in [3.63, 3.8) is 0 Å². The van der Waals surface area contributed by atoms with E-state index < -0.39 is 0 Å². The molecule has 54 valence electrons. The zero-order chi connectivity index (χ0) is 7.72. The van der Waals surface area contributed by atoms with Gasteiger partial charge in [0.15, 0.2) is 0 Å². The van der Waals surface area contributed by atoms with Crippen LogP contribution in [0, 0.1) is 13.8 Å². The van der Waals surface area contributed by atoms with E-state index in [9.17, 15) is 0 Å². The van der Waals surface area contributed by atoms with E-state index in [1.165, 1.54) is 5.56 Å². The Morgan fingerprint density at radius 3 is 2.40 bits per heavy atom. The summed E-state index contributed by atoms with van der Waals surface area (Å²) >= 11 is 4.21. The lowest BCUT2D eigenvalue weighted by Gasteiger charge is -2.03. The predicted molar refractivity (Wildman–Crippen MR) is 47.6 cm³/mol. The molecule has 0 spiro atoms. The van der Waals surface area contributed by atoms with Crippen LogP contribution >= 0.6 is 12.6 Å². The Labute approximate surface area is 66.7 Å². The van der Waals surface area contributed by atoms with Gasteiger partial charge in [0.2, 0.25) is 0 Å². The molecule has 1 aromatic rings. The standard InChI is InChI=1S/C8H11NS/c1-5-3-6(2)8(9)7(10)4-5/h3-4,10H,9H2,1-2H3. The third-order valence-corrected chi connectivity index (χ3v) is 1.88. The molecule has 0 aliphatic rings. The minimum atomic E-state index is 0.786. The van der Waals surface area contributed by atoms with Crippen molar-refractivity contribution in [2.75, 3.05) is 5.73 Å².